The van der Waals surface area contributed by atoms with Crippen LogP contribution in [0.3, 0.4) is 0 Å². The van der Waals surface area contributed by atoms with Crippen molar-refractivity contribution in [1.29, 1.82) is 0 Å². The Morgan fingerprint density at radius 1 is 1.50 bits per heavy atom. The number of hydrogen-bond donors (Lipinski definition) is 1. The topological polar surface area (TPSA) is 24.5 Å². The van der Waals surface area contributed by atoms with Gasteiger partial charge in [-0.15, -0.1) is 11.3 Å². The number of nitrogens with zero attached hydrogens (tertiary/aromatic N) is 1. The van der Waals surface area contributed by atoms with E-state index in [0.717, 1.165) is 26.2 Å². The highest BCUT2D eigenvalue weighted by Gasteiger charge is 2.22. The maximum atomic E-state index is 5.07. The number of ether oxygens (including phenoxy) is 1. The molecule has 0 aromatic carbocycles. The zero-order chi connectivity index (χ0) is 12.6. The summed E-state index contributed by atoms with van der Waals surface area (Å²) in [5.41, 5.74) is 0. The molecule has 1 N–H and O–H groups in total. The van der Waals surface area contributed by atoms with Crippen molar-refractivity contribution in [2.24, 2.45) is 0 Å². The zero-order valence-electron chi connectivity index (χ0n) is 11.2. The van der Waals surface area contributed by atoms with Gasteiger partial charge in [0.15, 0.2) is 0 Å². The molecule has 0 radical (unpaired) electrons. The Hall–Kier alpha value is -0.420. The van der Waals surface area contributed by atoms with E-state index in [2.05, 4.69) is 27.7 Å². The van der Waals surface area contributed by atoms with Crippen LogP contribution in [0.15, 0.2) is 17.5 Å². The Morgan fingerprint density at radius 2 is 2.44 bits per heavy atom. The van der Waals surface area contributed by atoms with Crippen molar-refractivity contribution >= 4 is 11.3 Å². The minimum Gasteiger partial charge on any atom is -0.383 e. The maximum absolute atomic E-state index is 5.07. The summed E-state index contributed by atoms with van der Waals surface area (Å²) in [6.07, 6.45) is 4.04. The van der Waals surface area contributed by atoms with E-state index in [1.54, 1.807) is 7.11 Å². The highest BCUT2D eigenvalue weighted by Crippen LogP contribution is 2.21. The fraction of sp³-hybridized carbons (Fsp3) is 0.714. The van der Waals surface area contributed by atoms with Gasteiger partial charge in [-0.25, -0.2) is 0 Å². The van der Waals surface area contributed by atoms with Crippen molar-refractivity contribution in [3.05, 3.63) is 22.4 Å². The Morgan fingerprint density at radius 3 is 3.22 bits per heavy atom. The lowest BCUT2D eigenvalue weighted by Crippen LogP contribution is -2.45. The van der Waals surface area contributed by atoms with Crippen molar-refractivity contribution in [1.82, 2.24) is 10.2 Å². The summed E-state index contributed by atoms with van der Waals surface area (Å²) in [5, 5.41) is 5.67. The van der Waals surface area contributed by atoms with Gasteiger partial charge in [0, 0.05) is 37.7 Å². The number of nitrogens with one attached hydrogen (secondary N) is 1. The molecule has 1 atom stereocenters. The van der Waals surface area contributed by atoms with Crippen molar-refractivity contribution < 1.29 is 4.74 Å². The summed E-state index contributed by atoms with van der Waals surface area (Å²) in [7, 11) is 1.76. The Bertz CT molecular complexity index is 316. The van der Waals surface area contributed by atoms with E-state index in [9.17, 15) is 0 Å². The third kappa shape index (κ3) is 4.35. The average Bonchev–Trinajstić information content (AvgIpc) is 2.89. The second-order valence-corrected chi connectivity index (χ2v) is 5.93. The molecular formula is C14H24N2OS. The predicted molar refractivity (Wildman–Crippen MR) is 77.1 cm³/mol. The molecule has 102 valence electrons. The first-order valence-electron chi connectivity index (χ1n) is 6.86. The van der Waals surface area contributed by atoms with E-state index >= 15 is 0 Å². The van der Waals surface area contributed by atoms with Crippen molar-refractivity contribution in [2.45, 2.75) is 31.8 Å². The van der Waals surface area contributed by atoms with Gasteiger partial charge in [0.25, 0.3) is 0 Å². The summed E-state index contributed by atoms with van der Waals surface area (Å²) >= 11 is 1.87. The first-order chi connectivity index (χ1) is 8.90. The van der Waals surface area contributed by atoms with Gasteiger partial charge in [-0.05, 0) is 30.8 Å². The molecule has 0 bridgehead atoms. The summed E-state index contributed by atoms with van der Waals surface area (Å²) in [6, 6.07) is 5.09. The van der Waals surface area contributed by atoms with E-state index in [4.69, 9.17) is 4.74 Å². The quantitative estimate of drug-likeness (QED) is 0.768. The van der Waals surface area contributed by atoms with Gasteiger partial charge < -0.3 is 10.1 Å². The molecule has 2 rings (SSSR count). The van der Waals surface area contributed by atoms with Gasteiger partial charge in [-0.3, -0.25) is 4.90 Å². The molecule has 0 aliphatic carbocycles. The fourth-order valence-electron chi connectivity index (χ4n) is 2.54. The summed E-state index contributed by atoms with van der Waals surface area (Å²) in [6.45, 7) is 5.22. The third-order valence-corrected chi connectivity index (χ3v) is 4.41. The fourth-order valence-corrected chi connectivity index (χ4v) is 3.27. The molecule has 1 unspecified atom stereocenters. The number of likely N-dealkylation sites (tertiary alicyclic amines) is 1. The van der Waals surface area contributed by atoms with Crippen LogP contribution in [0.4, 0.5) is 0 Å². The van der Waals surface area contributed by atoms with Gasteiger partial charge in [0.1, 0.15) is 0 Å². The molecule has 0 spiro atoms. The van der Waals surface area contributed by atoms with E-state index < -0.39 is 0 Å². The van der Waals surface area contributed by atoms with Gasteiger partial charge in [-0.1, -0.05) is 12.5 Å². The SMILES string of the molecule is COCCNCC1CCCCN1Cc1cccs1. The van der Waals surface area contributed by atoms with Crippen LogP contribution in [0.2, 0.25) is 0 Å². The minimum atomic E-state index is 0.692. The minimum absolute atomic E-state index is 0.692. The molecule has 3 nitrogen and oxygen atoms in total. The molecule has 1 saturated heterocycles. The van der Waals surface area contributed by atoms with Crippen molar-refractivity contribution in [2.75, 3.05) is 33.4 Å². The van der Waals surface area contributed by atoms with Gasteiger partial charge in [0.05, 0.1) is 6.61 Å². The van der Waals surface area contributed by atoms with Crippen molar-refractivity contribution in [3.8, 4) is 0 Å². The Kier molecular flexibility index (Phi) is 6.14. The summed E-state index contributed by atoms with van der Waals surface area (Å²) in [5.74, 6) is 0. The molecule has 4 heteroatoms. The largest absolute Gasteiger partial charge is 0.383 e. The highest BCUT2D eigenvalue weighted by molar-refractivity contribution is 7.09. The predicted octanol–water partition coefficient (Wildman–Crippen LogP) is 2.34. The lowest BCUT2D eigenvalue weighted by Gasteiger charge is -2.35. The number of thiophene rings is 1. The molecule has 18 heavy (non-hydrogen) atoms. The number of hydrogen-bond acceptors (Lipinski definition) is 4. The second-order valence-electron chi connectivity index (χ2n) is 4.90. The molecule has 1 fully saturated rings. The average molecular weight is 268 g/mol. The Balaban J connectivity index is 1.78. The normalized spacial score (nSPS) is 21.3. The lowest BCUT2D eigenvalue weighted by atomic mass is 10.0. The molecule has 0 saturated carbocycles. The monoisotopic (exact) mass is 268 g/mol. The second kappa shape index (κ2) is 7.89. The Labute approximate surface area is 114 Å². The molecule has 1 aliphatic rings. The lowest BCUT2D eigenvalue weighted by molar-refractivity contribution is 0.134. The first-order valence-corrected chi connectivity index (χ1v) is 7.74. The van der Waals surface area contributed by atoms with Crippen LogP contribution >= 0.6 is 11.3 Å². The van der Waals surface area contributed by atoms with Gasteiger partial charge >= 0.3 is 0 Å². The van der Waals surface area contributed by atoms with Crippen LogP contribution < -0.4 is 5.32 Å². The van der Waals surface area contributed by atoms with E-state index in [1.165, 1.54) is 30.7 Å². The first kappa shape index (κ1) is 14.0. The highest BCUT2D eigenvalue weighted by atomic mass is 32.1. The van der Waals surface area contributed by atoms with E-state index in [0.29, 0.717) is 6.04 Å². The number of piperidine rings is 1. The smallest absolute Gasteiger partial charge is 0.0587 e. The molecular weight excluding hydrogens is 244 g/mol. The summed E-state index contributed by atoms with van der Waals surface area (Å²) < 4.78 is 5.07. The van der Waals surface area contributed by atoms with Crippen molar-refractivity contribution in [3.63, 3.8) is 0 Å². The van der Waals surface area contributed by atoms with Crippen LogP contribution in [-0.2, 0) is 11.3 Å². The molecule has 2 heterocycles. The van der Waals surface area contributed by atoms with Crippen LogP contribution in [0.1, 0.15) is 24.1 Å². The van der Waals surface area contributed by atoms with E-state index in [-0.39, 0.29) is 0 Å². The molecule has 1 aliphatic heterocycles. The molecule has 1 aromatic heterocycles. The van der Waals surface area contributed by atoms with Crippen LogP contribution in [-0.4, -0.2) is 44.3 Å². The van der Waals surface area contributed by atoms with Crippen LogP contribution in [0.25, 0.3) is 0 Å². The number of rotatable bonds is 7. The zero-order valence-corrected chi connectivity index (χ0v) is 12.0. The van der Waals surface area contributed by atoms with E-state index in [1.807, 2.05) is 11.3 Å². The van der Waals surface area contributed by atoms with Crippen LogP contribution in [0, 0.1) is 0 Å². The van der Waals surface area contributed by atoms with Gasteiger partial charge in [0.2, 0.25) is 0 Å². The third-order valence-electron chi connectivity index (χ3n) is 3.55. The number of methoxy groups -OCH3 is 1. The van der Waals surface area contributed by atoms with Gasteiger partial charge in [-0.2, -0.15) is 0 Å². The standard InChI is InChI=1S/C14H24N2OS/c1-17-9-7-15-11-13-5-2-3-8-16(13)12-14-6-4-10-18-14/h4,6,10,13,15H,2-3,5,7-9,11-12H2,1H3. The maximum Gasteiger partial charge on any atom is 0.0587 e. The molecule has 1 aromatic rings. The summed E-state index contributed by atoms with van der Waals surface area (Å²) in [4.78, 5) is 4.12. The molecule has 0 amide bonds. The van der Waals surface area contributed by atoms with Crippen LogP contribution in [0.5, 0.6) is 0 Å².